The van der Waals surface area contributed by atoms with Gasteiger partial charge in [0.05, 0.1) is 0 Å². The summed E-state index contributed by atoms with van der Waals surface area (Å²) in [6.45, 7) is 1.74. The minimum atomic E-state index is 0. The van der Waals surface area contributed by atoms with Gasteiger partial charge in [0.15, 0.2) is 0 Å². The Morgan fingerprint density at radius 1 is 1.00 bits per heavy atom. The van der Waals surface area contributed by atoms with E-state index in [-0.39, 0.29) is 7.34 Å². The molecule has 2 heteroatoms. The molecule has 124 valence electrons. The predicted octanol–water partition coefficient (Wildman–Crippen LogP) is 5.94. The number of rotatable bonds is 3. The Morgan fingerprint density at radius 3 is 2.54 bits per heavy atom. The van der Waals surface area contributed by atoms with E-state index in [0.717, 1.165) is 25.7 Å². The van der Waals surface area contributed by atoms with Crippen molar-refractivity contribution in [3.05, 3.63) is 60.2 Å². The van der Waals surface area contributed by atoms with Gasteiger partial charge in [-0.1, -0.05) is 36.4 Å². The van der Waals surface area contributed by atoms with Crippen LogP contribution in [0.25, 0.3) is 22.2 Å². The Labute approximate surface area is 144 Å². The molecule has 0 bridgehead atoms. The van der Waals surface area contributed by atoms with E-state index in [0.29, 0.717) is 11.7 Å². The minimum absolute atomic E-state index is 0. The normalized spacial score (nSPS) is 21.0. The molecule has 0 radical (unpaired) electrons. The quantitative estimate of drug-likeness (QED) is 0.636. The molecule has 0 amide bonds. The summed E-state index contributed by atoms with van der Waals surface area (Å²) in [5, 5.41) is 1.25. The van der Waals surface area contributed by atoms with Gasteiger partial charge in [0.25, 0.3) is 0 Å². The molecule has 0 atom stereocenters. The molecule has 2 nitrogen and oxygen atoms in total. The van der Waals surface area contributed by atoms with Gasteiger partial charge in [-0.3, -0.25) is 4.79 Å². The average molecular weight is 319 g/mol. The number of para-hydroxylation sites is 1. The van der Waals surface area contributed by atoms with Gasteiger partial charge < -0.3 is 4.98 Å². The summed E-state index contributed by atoms with van der Waals surface area (Å²) in [6, 6.07) is 19.5. The topological polar surface area (TPSA) is 32.9 Å². The Morgan fingerprint density at radius 2 is 1.79 bits per heavy atom. The van der Waals surface area contributed by atoms with Crippen molar-refractivity contribution in [2.24, 2.45) is 5.92 Å². The Bertz CT molecular complexity index is 841. The fraction of sp³-hybridized carbons (Fsp3) is 0.318. The molecule has 1 aliphatic carbocycles. The van der Waals surface area contributed by atoms with Crippen LogP contribution in [0.15, 0.2) is 54.6 Å². The molecule has 0 spiro atoms. The van der Waals surface area contributed by atoms with Gasteiger partial charge in [0.2, 0.25) is 0 Å². The summed E-state index contributed by atoms with van der Waals surface area (Å²) < 4.78 is 0. The molecule has 1 heterocycles. The van der Waals surface area contributed by atoms with Crippen molar-refractivity contribution in [1.29, 1.82) is 0 Å². The maximum absolute atomic E-state index is 11.6. The second-order valence-electron chi connectivity index (χ2n) is 7.05. The van der Waals surface area contributed by atoms with E-state index in [1.54, 1.807) is 6.92 Å². The average Bonchev–Trinajstić information content (AvgIpc) is 3.06. The third-order valence-electron chi connectivity index (χ3n) is 5.50. The number of fused-ring (bicyclic) bond motifs is 1. The molecule has 1 N–H and O–H groups in total. The van der Waals surface area contributed by atoms with Crippen molar-refractivity contribution >= 4 is 16.7 Å². The summed E-state index contributed by atoms with van der Waals surface area (Å²) in [6.07, 6.45) is 4.33. The number of aromatic nitrogens is 1. The molecule has 3 aromatic rings. The summed E-state index contributed by atoms with van der Waals surface area (Å²) >= 11 is 0. The maximum Gasteiger partial charge on any atom is 0.132 e. The number of nitrogens with one attached hydrogen (secondary N) is 1. The highest BCUT2D eigenvalue weighted by molar-refractivity contribution is 5.85. The number of aromatic amines is 1. The Balaban J connectivity index is 0.00000182. The number of benzene rings is 2. The molecular formula is C22H25NO. The van der Waals surface area contributed by atoms with E-state index in [1.807, 2.05) is 0 Å². The molecule has 1 aliphatic rings. The number of Topliss-reactive ketones (excluding diaryl/α,β-unsaturated/α-hetero) is 1. The van der Waals surface area contributed by atoms with Gasteiger partial charge in [-0.05, 0) is 67.9 Å². The van der Waals surface area contributed by atoms with Crippen LogP contribution in [0.4, 0.5) is 0 Å². The summed E-state index contributed by atoms with van der Waals surface area (Å²) in [4.78, 5) is 15.1. The van der Waals surface area contributed by atoms with E-state index in [1.165, 1.54) is 27.7 Å². The van der Waals surface area contributed by atoms with E-state index in [2.05, 4.69) is 59.6 Å². The van der Waals surface area contributed by atoms with Gasteiger partial charge in [0.1, 0.15) is 5.78 Å². The van der Waals surface area contributed by atoms with E-state index >= 15 is 0 Å². The van der Waals surface area contributed by atoms with Crippen molar-refractivity contribution in [1.82, 2.24) is 4.98 Å². The van der Waals surface area contributed by atoms with Gasteiger partial charge in [-0.15, -0.1) is 0 Å². The third kappa shape index (κ3) is 2.89. The smallest absolute Gasteiger partial charge is 0.132 e. The number of ketones is 1. The lowest BCUT2D eigenvalue weighted by Gasteiger charge is -2.27. The fourth-order valence-electron chi connectivity index (χ4n) is 4.02. The van der Waals surface area contributed by atoms with Crippen LogP contribution in [-0.4, -0.2) is 10.8 Å². The number of hydrogen-bond donors (Lipinski definition) is 1. The first kappa shape index (κ1) is 15.2. The van der Waals surface area contributed by atoms with Crippen LogP contribution in [0, 0.1) is 5.92 Å². The predicted molar refractivity (Wildman–Crippen MR) is 101 cm³/mol. The lowest BCUT2D eigenvalue weighted by molar-refractivity contribution is -0.121. The van der Waals surface area contributed by atoms with Gasteiger partial charge in [0, 0.05) is 23.9 Å². The van der Waals surface area contributed by atoms with Gasteiger partial charge in [-0.2, -0.15) is 0 Å². The van der Waals surface area contributed by atoms with Crippen molar-refractivity contribution < 1.29 is 6.22 Å². The first-order chi connectivity index (χ1) is 11.7. The van der Waals surface area contributed by atoms with Crippen molar-refractivity contribution in [2.75, 3.05) is 0 Å². The van der Waals surface area contributed by atoms with Crippen molar-refractivity contribution in [3.8, 4) is 11.3 Å². The molecule has 2 aromatic carbocycles. The molecule has 1 saturated carbocycles. The standard InChI is InChI=1S/C22H23NO.H2/c1-15(24)16-9-11-17(12-10-16)18-6-4-7-19(13-18)22-14-20-5-2-3-8-21(20)23-22;/h2-8,13-14,16-17,23H,9-12H2,1H3;1H. The molecule has 0 unspecified atom stereocenters. The summed E-state index contributed by atoms with van der Waals surface area (Å²) in [5.74, 6) is 1.24. The molecule has 24 heavy (non-hydrogen) atoms. The molecule has 0 saturated heterocycles. The SMILES string of the molecule is CC(=O)C1CCC(c2cccc(-c3cc4ccccc4[nH]3)c2)CC1.[HH]. The molecule has 1 fully saturated rings. The summed E-state index contributed by atoms with van der Waals surface area (Å²) in [7, 11) is 0. The zero-order valence-corrected chi connectivity index (χ0v) is 14.1. The largest absolute Gasteiger partial charge is 0.355 e. The van der Waals surface area contributed by atoms with Crippen molar-refractivity contribution in [2.45, 2.75) is 38.5 Å². The first-order valence-electron chi connectivity index (χ1n) is 8.89. The lowest BCUT2D eigenvalue weighted by Crippen LogP contribution is -2.18. The van der Waals surface area contributed by atoms with Crippen LogP contribution in [0.1, 0.15) is 45.5 Å². The number of hydrogen-bond acceptors (Lipinski definition) is 1. The zero-order chi connectivity index (χ0) is 16.5. The highest BCUT2D eigenvalue weighted by Crippen LogP contribution is 2.37. The number of carbonyl (C=O) groups is 1. The molecule has 1 aromatic heterocycles. The molecular weight excluding hydrogens is 294 g/mol. The zero-order valence-electron chi connectivity index (χ0n) is 14.1. The molecule has 0 aliphatic heterocycles. The second kappa shape index (κ2) is 6.27. The minimum Gasteiger partial charge on any atom is -0.355 e. The van der Waals surface area contributed by atoms with E-state index in [9.17, 15) is 4.79 Å². The van der Waals surface area contributed by atoms with Crippen LogP contribution in [0.5, 0.6) is 0 Å². The highest BCUT2D eigenvalue weighted by atomic mass is 16.1. The Kier molecular flexibility index (Phi) is 3.97. The van der Waals surface area contributed by atoms with E-state index in [4.69, 9.17) is 0 Å². The lowest BCUT2D eigenvalue weighted by atomic mass is 9.77. The second-order valence-corrected chi connectivity index (χ2v) is 7.05. The molecule has 4 rings (SSSR count). The highest BCUT2D eigenvalue weighted by Gasteiger charge is 2.25. The summed E-state index contributed by atoms with van der Waals surface area (Å²) in [5.41, 5.74) is 5.01. The Hall–Kier alpha value is -2.35. The monoisotopic (exact) mass is 319 g/mol. The number of carbonyl (C=O) groups excluding carboxylic acids is 1. The fourth-order valence-corrected chi connectivity index (χ4v) is 4.02. The van der Waals surface area contributed by atoms with Crippen LogP contribution in [-0.2, 0) is 4.79 Å². The maximum atomic E-state index is 11.6. The number of H-pyrrole nitrogens is 1. The van der Waals surface area contributed by atoms with E-state index < -0.39 is 0 Å². The van der Waals surface area contributed by atoms with Crippen LogP contribution in [0.3, 0.4) is 0 Å². The van der Waals surface area contributed by atoms with Gasteiger partial charge >= 0.3 is 0 Å². The van der Waals surface area contributed by atoms with Crippen molar-refractivity contribution in [3.63, 3.8) is 0 Å². The van der Waals surface area contributed by atoms with Crippen LogP contribution in [0.2, 0.25) is 0 Å². The van der Waals surface area contributed by atoms with Crippen LogP contribution >= 0.6 is 0 Å². The third-order valence-corrected chi connectivity index (χ3v) is 5.50. The van der Waals surface area contributed by atoms with Gasteiger partial charge in [-0.25, -0.2) is 0 Å². The first-order valence-corrected chi connectivity index (χ1v) is 8.89. The van der Waals surface area contributed by atoms with Crippen LogP contribution < -0.4 is 0 Å².